The van der Waals surface area contributed by atoms with E-state index in [0.717, 1.165) is 25.7 Å². The molecule has 3 rings (SSSR count). The average Bonchev–Trinajstić information content (AvgIpc) is 3.45. The number of hydrogen-bond acceptors (Lipinski definition) is 4. The monoisotopic (exact) mass is 511 g/mol. The highest BCUT2D eigenvalue weighted by atomic mass is 32.2. The summed E-state index contributed by atoms with van der Waals surface area (Å²) in [7, 11) is -3.44. The minimum absolute atomic E-state index is 0.155. The van der Waals surface area contributed by atoms with E-state index in [2.05, 4.69) is 15.0 Å². The van der Waals surface area contributed by atoms with Crippen molar-refractivity contribution in [1.82, 2.24) is 10.3 Å². The van der Waals surface area contributed by atoms with Crippen molar-refractivity contribution in [2.24, 2.45) is 5.92 Å². The van der Waals surface area contributed by atoms with Crippen LogP contribution < -0.4 is 10.0 Å². The number of carbonyl (C=O) groups is 1. The van der Waals surface area contributed by atoms with E-state index < -0.39 is 33.1 Å². The van der Waals surface area contributed by atoms with Crippen molar-refractivity contribution < 1.29 is 26.4 Å². The van der Waals surface area contributed by atoms with Crippen molar-refractivity contribution >= 4 is 21.6 Å². The molecule has 0 bridgehead atoms. The second-order valence-electron chi connectivity index (χ2n) is 10.1. The van der Waals surface area contributed by atoms with Crippen molar-refractivity contribution in [1.29, 1.82) is 0 Å². The molecule has 1 aliphatic carbocycles. The lowest BCUT2D eigenvalue weighted by molar-refractivity contribution is -0.180. The number of anilines is 1. The number of nitrogens with zero attached hydrogens (tertiary/aromatic N) is 1. The van der Waals surface area contributed by atoms with E-state index in [1.54, 1.807) is 31.2 Å². The second kappa shape index (κ2) is 9.11. The molecular formula is C25H32F3N3O3S. The Morgan fingerprint density at radius 3 is 2.29 bits per heavy atom. The average molecular weight is 512 g/mol. The van der Waals surface area contributed by atoms with Crippen LogP contribution in [-0.2, 0) is 32.1 Å². The highest BCUT2D eigenvalue weighted by Gasteiger charge is 2.56. The normalized spacial score (nSPS) is 21.3. The predicted molar refractivity (Wildman–Crippen MR) is 130 cm³/mol. The summed E-state index contributed by atoms with van der Waals surface area (Å²) in [5.74, 6) is -0.457. The van der Waals surface area contributed by atoms with Crippen molar-refractivity contribution in [2.75, 3.05) is 11.0 Å². The first kappa shape index (κ1) is 27.0. The topological polar surface area (TPSA) is 88.2 Å². The molecule has 2 N–H and O–H groups in total. The van der Waals surface area contributed by atoms with Gasteiger partial charge in [-0.15, -0.1) is 0 Å². The van der Waals surface area contributed by atoms with Crippen molar-refractivity contribution in [3.8, 4) is 0 Å². The van der Waals surface area contributed by atoms with Gasteiger partial charge in [0, 0.05) is 11.3 Å². The van der Waals surface area contributed by atoms with Gasteiger partial charge in [-0.2, -0.15) is 13.2 Å². The van der Waals surface area contributed by atoms with Crippen LogP contribution in [0.25, 0.3) is 0 Å². The second-order valence-corrected chi connectivity index (χ2v) is 11.8. The maximum Gasteiger partial charge on any atom is 0.397 e. The van der Waals surface area contributed by atoms with Gasteiger partial charge in [-0.05, 0) is 56.9 Å². The molecule has 10 heteroatoms. The molecule has 1 aromatic heterocycles. The summed E-state index contributed by atoms with van der Waals surface area (Å²) < 4.78 is 65.6. The number of aryl methyl sites for hydroxylation is 1. The number of hydrogen-bond donors (Lipinski definition) is 2. The number of rotatable bonds is 8. The molecule has 1 fully saturated rings. The molecule has 1 aliphatic rings. The minimum atomic E-state index is -4.36. The van der Waals surface area contributed by atoms with Gasteiger partial charge in [0.25, 0.3) is 0 Å². The Morgan fingerprint density at radius 1 is 1.17 bits per heavy atom. The van der Waals surface area contributed by atoms with E-state index in [1.165, 1.54) is 12.1 Å². The molecule has 192 valence electrons. The van der Waals surface area contributed by atoms with E-state index in [-0.39, 0.29) is 17.4 Å². The van der Waals surface area contributed by atoms with Crippen LogP contribution in [0.2, 0.25) is 0 Å². The van der Waals surface area contributed by atoms with Crippen molar-refractivity contribution in [2.45, 2.75) is 70.5 Å². The van der Waals surface area contributed by atoms with Gasteiger partial charge in [-0.3, -0.25) is 14.5 Å². The first-order chi connectivity index (χ1) is 16.0. The number of pyridine rings is 1. The van der Waals surface area contributed by atoms with E-state index in [4.69, 9.17) is 0 Å². The van der Waals surface area contributed by atoms with Gasteiger partial charge in [0.1, 0.15) is 0 Å². The molecule has 1 unspecified atom stereocenters. The van der Waals surface area contributed by atoms with Gasteiger partial charge in [-0.25, -0.2) is 8.42 Å². The van der Waals surface area contributed by atoms with Crippen LogP contribution >= 0.6 is 0 Å². The summed E-state index contributed by atoms with van der Waals surface area (Å²) in [5.41, 5.74) is 0.190. The van der Waals surface area contributed by atoms with Gasteiger partial charge in [0.2, 0.25) is 15.9 Å². The summed E-state index contributed by atoms with van der Waals surface area (Å²) in [6.07, 6.45) is -2.19. The fraction of sp³-hybridized carbons (Fsp3) is 0.520. The molecule has 1 saturated carbocycles. The Kier molecular flexibility index (Phi) is 7.02. The summed E-state index contributed by atoms with van der Waals surface area (Å²) in [6.45, 7) is 7.90. The molecular weight excluding hydrogens is 479 g/mol. The lowest BCUT2D eigenvalue weighted by atomic mass is 9.82. The molecule has 1 heterocycles. The zero-order chi connectivity index (χ0) is 26.4. The number of sulfonamides is 1. The highest BCUT2D eigenvalue weighted by molar-refractivity contribution is 7.92. The fourth-order valence-corrected chi connectivity index (χ4v) is 4.79. The number of aromatic nitrogens is 1. The molecule has 0 aliphatic heterocycles. The van der Waals surface area contributed by atoms with Crippen LogP contribution in [0.1, 0.15) is 69.6 Å². The minimum Gasteiger partial charge on any atom is -0.348 e. The number of carbonyl (C=O) groups excluding carboxylic acids is 1. The van der Waals surface area contributed by atoms with Crippen LogP contribution in [0.15, 0.2) is 36.4 Å². The predicted octanol–water partition coefficient (Wildman–Crippen LogP) is 5.01. The van der Waals surface area contributed by atoms with E-state index in [9.17, 15) is 26.4 Å². The van der Waals surface area contributed by atoms with Crippen LogP contribution in [0.4, 0.5) is 18.9 Å². The van der Waals surface area contributed by atoms with Gasteiger partial charge in [0.05, 0.1) is 34.8 Å². The van der Waals surface area contributed by atoms with Gasteiger partial charge in [0.15, 0.2) is 0 Å². The zero-order valence-corrected chi connectivity index (χ0v) is 21.6. The SMILES string of the molecule is CCc1nc([C@@H](C)NC(=O)C2C[C@]2(C)c2ccc(C(C)(C)C(F)(F)F)cc2)ccc1NS(C)(=O)=O. The Morgan fingerprint density at radius 2 is 1.77 bits per heavy atom. The van der Waals surface area contributed by atoms with Gasteiger partial charge < -0.3 is 5.32 Å². The molecule has 6 nitrogen and oxygen atoms in total. The number of alkyl halides is 3. The lowest BCUT2D eigenvalue weighted by Gasteiger charge is -2.28. The Labute approximate surface area is 204 Å². The molecule has 0 radical (unpaired) electrons. The molecule has 3 atom stereocenters. The first-order valence-corrected chi connectivity index (χ1v) is 13.3. The standard InChI is InChI=1S/C25H32F3N3O3S/c1-7-19-21(31-35(6,33)34)13-12-20(30-19)15(2)29-22(32)18-14-24(18,5)17-10-8-16(9-11-17)23(3,4)25(26,27)28/h8-13,15,18,31H,7,14H2,1-6H3,(H,29,32)/t15-,18?,24-/m1/s1. The highest BCUT2D eigenvalue weighted by Crippen LogP contribution is 2.54. The maximum absolute atomic E-state index is 13.3. The first-order valence-electron chi connectivity index (χ1n) is 11.5. The third-order valence-electron chi connectivity index (χ3n) is 6.96. The molecule has 1 aromatic carbocycles. The molecule has 35 heavy (non-hydrogen) atoms. The molecule has 0 saturated heterocycles. The molecule has 2 aromatic rings. The van der Waals surface area contributed by atoms with Crippen LogP contribution in [-0.4, -0.2) is 31.7 Å². The molecule has 0 spiro atoms. The zero-order valence-electron chi connectivity index (χ0n) is 20.7. The largest absolute Gasteiger partial charge is 0.397 e. The summed E-state index contributed by atoms with van der Waals surface area (Å²) in [6, 6.07) is 9.25. The number of benzene rings is 1. The Bertz CT molecular complexity index is 1210. The third-order valence-corrected chi connectivity index (χ3v) is 7.55. The number of halogens is 3. The van der Waals surface area contributed by atoms with Crippen LogP contribution in [0.3, 0.4) is 0 Å². The van der Waals surface area contributed by atoms with Gasteiger partial charge in [-0.1, -0.05) is 38.1 Å². The summed E-state index contributed by atoms with van der Waals surface area (Å²) in [4.78, 5) is 17.5. The Balaban J connectivity index is 1.70. The van der Waals surface area contributed by atoms with Gasteiger partial charge >= 0.3 is 6.18 Å². The maximum atomic E-state index is 13.3. The van der Waals surface area contributed by atoms with Crippen molar-refractivity contribution in [3.63, 3.8) is 0 Å². The summed E-state index contributed by atoms with van der Waals surface area (Å²) >= 11 is 0. The van der Waals surface area contributed by atoms with Crippen LogP contribution in [0.5, 0.6) is 0 Å². The van der Waals surface area contributed by atoms with E-state index in [0.29, 0.717) is 29.9 Å². The lowest BCUT2D eigenvalue weighted by Crippen LogP contribution is -2.36. The van der Waals surface area contributed by atoms with Crippen LogP contribution in [0, 0.1) is 5.92 Å². The Hall–Kier alpha value is -2.62. The van der Waals surface area contributed by atoms with Crippen molar-refractivity contribution in [3.05, 3.63) is 58.9 Å². The quantitative estimate of drug-likeness (QED) is 0.522. The smallest absolute Gasteiger partial charge is 0.348 e. The summed E-state index contributed by atoms with van der Waals surface area (Å²) in [5, 5.41) is 2.97. The van der Waals surface area contributed by atoms with E-state index in [1.807, 2.05) is 13.8 Å². The molecule has 1 amide bonds. The number of amides is 1. The fourth-order valence-electron chi connectivity index (χ4n) is 4.21. The number of nitrogens with one attached hydrogen (secondary N) is 2. The van der Waals surface area contributed by atoms with E-state index >= 15 is 0 Å². The third kappa shape index (κ3) is 5.63.